The van der Waals surface area contributed by atoms with Gasteiger partial charge in [-0.05, 0) is 24.3 Å². The summed E-state index contributed by atoms with van der Waals surface area (Å²) in [6, 6.07) is 6.87. The fourth-order valence-electron chi connectivity index (χ4n) is 2.11. The standard InChI is InChI=1S/C14H16N4O2S/c1-20-10-4-2-9(3-5-10)16-13(19)18-14-17-11-6-7-15-8-12(11)21-14/h2-5,15H,6-8H2,1H3,(H2,16,17,18,19). The summed E-state index contributed by atoms with van der Waals surface area (Å²) in [5, 5.41) is 9.46. The Morgan fingerprint density at radius 1 is 1.33 bits per heavy atom. The van der Waals surface area contributed by atoms with E-state index in [0.717, 1.165) is 31.0 Å². The lowest BCUT2D eigenvalue weighted by Gasteiger charge is -2.09. The Balaban J connectivity index is 1.61. The number of carbonyl (C=O) groups excluding carboxylic acids is 1. The van der Waals surface area contributed by atoms with Gasteiger partial charge in [0.25, 0.3) is 0 Å². The maximum absolute atomic E-state index is 11.9. The second-order valence-corrected chi connectivity index (χ2v) is 5.71. The number of anilines is 2. The number of thiazole rings is 1. The lowest BCUT2D eigenvalue weighted by atomic mass is 10.2. The molecule has 1 aromatic carbocycles. The van der Waals surface area contributed by atoms with E-state index < -0.39 is 0 Å². The number of hydrogen-bond donors (Lipinski definition) is 3. The molecule has 0 saturated carbocycles. The monoisotopic (exact) mass is 304 g/mol. The molecule has 0 unspecified atom stereocenters. The van der Waals surface area contributed by atoms with Crippen LogP contribution in [0, 0.1) is 0 Å². The van der Waals surface area contributed by atoms with Crippen LogP contribution in [0.2, 0.25) is 0 Å². The predicted molar refractivity (Wildman–Crippen MR) is 83.2 cm³/mol. The maximum Gasteiger partial charge on any atom is 0.325 e. The van der Waals surface area contributed by atoms with Crippen molar-refractivity contribution >= 4 is 28.2 Å². The second-order valence-electron chi connectivity index (χ2n) is 4.62. The zero-order chi connectivity index (χ0) is 14.7. The van der Waals surface area contributed by atoms with Gasteiger partial charge in [-0.1, -0.05) is 0 Å². The van der Waals surface area contributed by atoms with Crippen molar-refractivity contribution in [2.75, 3.05) is 24.3 Å². The molecule has 1 aliphatic heterocycles. The smallest absolute Gasteiger partial charge is 0.325 e. The van der Waals surface area contributed by atoms with Crippen molar-refractivity contribution in [3.63, 3.8) is 0 Å². The topological polar surface area (TPSA) is 75.3 Å². The van der Waals surface area contributed by atoms with Gasteiger partial charge >= 0.3 is 6.03 Å². The number of aromatic nitrogens is 1. The minimum Gasteiger partial charge on any atom is -0.497 e. The van der Waals surface area contributed by atoms with Crippen LogP contribution < -0.4 is 20.7 Å². The molecule has 2 aromatic rings. The molecule has 3 N–H and O–H groups in total. The van der Waals surface area contributed by atoms with E-state index in [1.54, 1.807) is 31.4 Å². The van der Waals surface area contributed by atoms with Gasteiger partial charge < -0.3 is 15.4 Å². The number of benzene rings is 1. The first-order valence-electron chi connectivity index (χ1n) is 6.66. The molecule has 0 atom stereocenters. The van der Waals surface area contributed by atoms with Crippen molar-refractivity contribution in [1.29, 1.82) is 0 Å². The van der Waals surface area contributed by atoms with Gasteiger partial charge in [0.1, 0.15) is 5.75 Å². The summed E-state index contributed by atoms with van der Waals surface area (Å²) < 4.78 is 5.07. The van der Waals surface area contributed by atoms with Gasteiger partial charge in [-0.15, -0.1) is 11.3 Å². The number of nitrogens with one attached hydrogen (secondary N) is 3. The molecule has 3 rings (SSSR count). The fraction of sp³-hybridized carbons (Fsp3) is 0.286. The highest BCUT2D eigenvalue weighted by molar-refractivity contribution is 7.15. The summed E-state index contributed by atoms with van der Waals surface area (Å²) in [5.74, 6) is 0.751. The van der Waals surface area contributed by atoms with E-state index >= 15 is 0 Å². The first-order valence-corrected chi connectivity index (χ1v) is 7.47. The van der Waals surface area contributed by atoms with Crippen LogP contribution in [-0.4, -0.2) is 24.7 Å². The highest BCUT2D eigenvalue weighted by Crippen LogP contribution is 2.25. The number of methoxy groups -OCH3 is 1. The maximum atomic E-state index is 11.9. The molecule has 1 aromatic heterocycles. The van der Waals surface area contributed by atoms with E-state index in [9.17, 15) is 4.79 Å². The summed E-state index contributed by atoms with van der Waals surface area (Å²) in [6.45, 7) is 1.77. The molecular formula is C14H16N4O2S. The van der Waals surface area contributed by atoms with Crippen molar-refractivity contribution in [2.24, 2.45) is 0 Å². The predicted octanol–water partition coefficient (Wildman–Crippen LogP) is 2.44. The Morgan fingerprint density at radius 3 is 2.86 bits per heavy atom. The van der Waals surface area contributed by atoms with E-state index in [1.165, 1.54) is 16.2 Å². The van der Waals surface area contributed by atoms with Gasteiger partial charge in [-0.3, -0.25) is 5.32 Å². The van der Waals surface area contributed by atoms with Crippen LogP contribution in [0.15, 0.2) is 24.3 Å². The highest BCUT2D eigenvalue weighted by atomic mass is 32.1. The zero-order valence-corrected chi connectivity index (χ0v) is 12.4. The summed E-state index contributed by atoms with van der Waals surface area (Å²) in [4.78, 5) is 17.6. The number of urea groups is 1. The number of amides is 2. The molecule has 0 radical (unpaired) electrons. The molecule has 0 spiro atoms. The van der Waals surface area contributed by atoms with Crippen molar-refractivity contribution in [1.82, 2.24) is 10.3 Å². The lowest BCUT2D eigenvalue weighted by molar-refractivity contribution is 0.262. The van der Waals surface area contributed by atoms with Gasteiger partial charge in [-0.25, -0.2) is 9.78 Å². The molecule has 0 bridgehead atoms. The van der Waals surface area contributed by atoms with Crippen molar-refractivity contribution < 1.29 is 9.53 Å². The molecular weight excluding hydrogens is 288 g/mol. The summed E-state index contributed by atoms with van der Waals surface area (Å²) in [6.07, 6.45) is 0.910. The normalized spacial score (nSPS) is 13.4. The van der Waals surface area contributed by atoms with E-state index in [0.29, 0.717) is 10.8 Å². The van der Waals surface area contributed by atoms with Gasteiger partial charge in [0, 0.05) is 30.1 Å². The lowest BCUT2D eigenvalue weighted by Crippen LogP contribution is -2.22. The number of hydrogen-bond acceptors (Lipinski definition) is 5. The van der Waals surface area contributed by atoms with Gasteiger partial charge in [0.15, 0.2) is 5.13 Å². The Bertz CT molecular complexity index is 615. The van der Waals surface area contributed by atoms with Crippen LogP contribution in [-0.2, 0) is 13.0 Å². The van der Waals surface area contributed by atoms with Crippen LogP contribution in [0.1, 0.15) is 10.6 Å². The number of fused-ring (bicyclic) bond motifs is 1. The number of rotatable bonds is 3. The fourth-order valence-corrected chi connectivity index (χ4v) is 3.09. The summed E-state index contributed by atoms with van der Waals surface area (Å²) in [5.41, 5.74) is 1.79. The molecule has 0 aliphatic carbocycles. The van der Waals surface area contributed by atoms with Crippen molar-refractivity contribution in [3.05, 3.63) is 34.8 Å². The number of nitrogens with zero attached hydrogens (tertiary/aromatic N) is 1. The van der Waals surface area contributed by atoms with E-state index in [-0.39, 0.29) is 6.03 Å². The largest absolute Gasteiger partial charge is 0.497 e. The zero-order valence-electron chi connectivity index (χ0n) is 11.6. The molecule has 6 nitrogen and oxygen atoms in total. The first-order chi connectivity index (χ1) is 10.2. The third-order valence-corrected chi connectivity index (χ3v) is 4.18. The highest BCUT2D eigenvalue weighted by Gasteiger charge is 2.15. The molecule has 2 amide bonds. The molecule has 110 valence electrons. The minimum atomic E-state index is -0.292. The number of ether oxygens (including phenoxy) is 1. The third-order valence-electron chi connectivity index (χ3n) is 3.17. The SMILES string of the molecule is COc1ccc(NC(=O)Nc2nc3c(s2)CNCC3)cc1. The first kappa shape index (κ1) is 13.8. The van der Waals surface area contributed by atoms with Crippen molar-refractivity contribution in [2.45, 2.75) is 13.0 Å². The Morgan fingerprint density at radius 2 is 2.14 bits per heavy atom. The van der Waals surface area contributed by atoms with Gasteiger partial charge in [0.05, 0.1) is 12.8 Å². The quantitative estimate of drug-likeness (QED) is 0.814. The molecule has 1 aliphatic rings. The Kier molecular flexibility index (Phi) is 4.03. The van der Waals surface area contributed by atoms with Crippen LogP contribution in [0.4, 0.5) is 15.6 Å². The molecule has 2 heterocycles. The van der Waals surface area contributed by atoms with E-state index in [2.05, 4.69) is 20.9 Å². The van der Waals surface area contributed by atoms with Crippen molar-refractivity contribution in [3.8, 4) is 5.75 Å². The average Bonchev–Trinajstić information content (AvgIpc) is 2.90. The Labute approximate surface area is 126 Å². The minimum absolute atomic E-state index is 0.292. The van der Waals surface area contributed by atoms with Crippen LogP contribution in [0.3, 0.4) is 0 Å². The van der Waals surface area contributed by atoms with E-state index in [1.807, 2.05) is 0 Å². The van der Waals surface area contributed by atoms with E-state index in [4.69, 9.17) is 4.74 Å². The average molecular weight is 304 g/mol. The van der Waals surface area contributed by atoms with Crippen LogP contribution in [0.25, 0.3) is 0 Å². The number of carbonyl (C=O) groups is 1. The van der Waals surface area contributed by atoms with Gasteiger partial charge in [-0.2, -0.15) is 0 Å². The van der Waals surface area contributed by atoms with Gasteiger partial charge in [0.2, 0.25) is 0 Å². The molecule has 0 saturated heterocycles. The summed E-state index contributed by atoms with van der Waals surface area (Å²) >= 11 is 1.51. The molecule has 21 heavy (non-hydrogen) atoms. The second kappa shape index (κ2) is 6.11. The summed E-state index contributed by atoms with van der Waals surface area (Å²) in [7, 11) is 1.61. The van der Waals surface area contributed by atoms with Crippen LogP contribution in [0.5, 0.6) is 5.75 Å². The Hall–Kier alpha value is -2.12. The molecule has 0 fully saturated rings. The molecule has 7 heteroatoms. The van der Waals surface area contributed by atoms with Crippen LogP contribution >= 0.6 is 11.3 Å². The third kappa shape index (κ3) is 3.32.